The minimum atomic E-state index is -3.29. The van der Waals surface area contributed by atoms with Crippen LogP contribution in [0, 0.1) is 11.6 Å². The first-order valence-electron chi connectivity index (χ1n) is 5.17. The highest BCUT2D eigenvalue weighted by Crippen LogP contribution is 2.29. The molecule has 0 radical (unpaired) electrons. The maximum Gasteiger partial charge on any atom is 0.153 e. The molecule has 1 aromatic rings. The Hall–Kier alpha value is -1.01. The third kappa shape index (κ3) is 2.63. The van der Waals surface area contributed by atoms with Crippen molar-refractivity contribution in [3.63, 3.8) is 0 Å². The average molecular weight is 262 g/mol. The molecule has 0 spiro atoms. The first-order chi connectivity index (χ1) is 7.81. The molecule has 2 rings (SSSR count). The molecule has 1 fully saturated rings. The Morgan fingerprint density at radius 3 is 2.35 bits per heavy atom. The third-order valence-electron chi connectivity index (χ3n) is 2.93. The second-order valence-corrected chi connectivity index (χ2v) is 6.63. The minimum absolute atomic E-state index is 0.0170. The SMILES string of the molecule is O=S1(=O)CCC(O)(Cc2c(F)cccc2F)C1. The lowest BCUT2D eigenvalue weighted by Gasteiger charge is -2.21. The van der Waals surface area contributed by atoms with Crippen molar-refractivity contribution in [1.82, 2.24) is 0 Å². The lowest BCUT2D eigenvalue weighted by atomic mass is 9.93. The molecule has 0 saturated carbocycles. The Kier molecular flexibility index (Phi) is 2.95. The van der Waals surface area contributed by atoms with Crippen LogP contribution in [-0.2, 0) is 16.3 Å². The molecule has 3 nitrogen and oxygen atoms in total. The van der Waals surface area contributed by atoms with E-state index >= 15 is 0 Å². The van der Waals surface area contributed by atoms with Crippen molar-refractivity contribution in [2.45, 2.75) is 18.4 Å². The number of aliphatic hydroxyl groups is 1. The van der Waals surface area contributed by atoms with Crippen LogP contribution in [0.3, 0.4) is 0 Å². The van der Waals surface area contributed by atoms with Crippen LogP contribution in [0.1, 0.15) is 12.0 Å². The number of benzene rings is 1. The fraction of sp³-hybridized carbons (Fsp3) is 0.455. The molecule has 1 aliphatic heterocycles. The Balaban J connectivity index is 2.28. The summed E-state index contributed by atoms with van der Waals surface area (Å²) in [4.78, 5) is 0. The van der Waals surface area contributed by atoms with Crippen molar-refractivity contribution in [3.05, 3.63) is 35.4 Å². The summed E-state index contributed by atoms with van der Waals surface area (Å²) < 4.78 is 49.2. The average Bonchev–Trinajstić information content (AvgIpc) is 2.48. The van der Waals surface area contributed by atoms with Gasteiger partial charge in [0.05, 0.1) is 17.1 Å². The topological polar surface area (TPSA) is 54.4 Å². The Bertz CT molecular complexity index is 521. The van der Waals surface area contributed by atoms with Gasteiger partial charge in [0.15, 0.2) is 9.84 Å². The van der Waals surface area contributed by atoms with E-state index in [0.29, 0.717) is 0 Å². The summed E-state index contributed by atoms with van der Waals surface area (Å²) in [5.41, 5.74) is -1.81. The van der Waals surface area contributed by atoms with Gasteiger partial charge >= 0.3 is 0 Å². The van der Waals surface area contributed by atoms with E-state index in [4.69, 9.17) is 0 Å². The van der Waals surface area contributed by atoms with Crippen LogP contribution in [-0.4, -0.2) is 30.6 Å². The highest BCUT2D eigenvalue weighted by molar-refractivity contribution is 7.91. The normalized spacial score (nSPS) is 27.2. The second kappa shape index (κ2) is 4.03. The van der Waals surface area contributed by atoms with E-state index < -0.39 is 32.8 Å². The smallest absolute Gasteiger partial charge is 0.153 e. The second-order valence-electron chi connectivity index (χ2n) is 4.44. The van der Waals surface area contributed by atoms with Gasteiger partial charge in [-0.3, -0.25) is 0 Å². The lowest BCUT2D eigenvalue weighted by molar-refractivity contribution is 0.0662. The predicted octanol–water partition coefficient (Wildman–Crippen LogP) is 1.06. The molecule has 0 bridgehead atoms. The first kappa shape index (κ1) is 12.4. The van der Waals surface area contributed by atoms with Crippen molar-refractivity contribution in [3.8, 4) is 0 Å². The number of hydrogen-bond donors (Lipinski definition) is 1. The molecule has 1 N–H and O–H groups in total. The van der Waals surface area contributed by atoms with Crippen LogP contribution in [0.15, 0.2) is 18.2 Å². The number of halogens is 2. The predicted molar refractivity (Wildman–Crippen MR) is 58.3 cm³/mol. The molecule has 6 heteroatoms. The molecular weight excluding hydrogens is 250 g/mol. The zero-order chi connectivity index (χ0) is 12.7. The number of sulfone groups is 1. The molecule has 0 aliphatic carbocycles. The van der Waals surface area contributed by atoms with Crippen LogP contribution in [0.4, 0.5) is 8.78 Å². The lowest BCUT2D eigenvalue weighted by Crippen LogP contribution is -2.33. The van der Waals surface area contributed by atoms with Gasteiger partial charge in [0.2, 0.25) is 0 Å². The quantitative estimate of drug-likeness (QED) is 0.867. The first-order valence-corrected chi connectivity index (χ1v) is 6.99. The molecule has 1 heterocycles. The van der Waals surface area contributed by atoms with E-state index in [-0.39, 0.29) is 24.2 Å². The molecule has 17 heavy (non-hydrogen) atoms. The van der Waals surface area contributed by atoms with Gasteiger partial charge in [-0.2, -0.15) is 0 Å². The molecule has 1 aromatic carbocycles. The fourth-order valence-corrected chi connectivity index (χ4v) is 3.97. The highest BCUT2D eigenvalue weighted by Gasteiger charge is 2.41. The fourth-order valence-electron chi connectivity index (χ4n) is 2.07. The van der Waals surface area contributed by atoms with Gasteiger partial charge in [-0.25, -0.2) is 17.2 Å². The zero-order valence-corrected chi connectivity index (χ0v) is 9.80. The minimum Gasteiger partial charge on any atom is -0.388 e. The maximum absolute atomic E-state index is 13.4. The van der Waals surface area contributed by atoms with Gasteiger partial charge in [-0.05, 0) is 18.6 Å². The molecule has 1 saturated heterocycles. The maximum atomic E-state index is 13.4. The van der Waals surface area contributed by atoms with E-state index in [9.17, 15) is 22.3 Å². The van der Waals surface area contributed by atoms with Crippen LogP contribution < -0.4 is 0 Å². The van der Waals surface area contributed by atoms with Crippen LogP contribution in [0.25, 0.3) is 0 Å². The van der Waals surface area contributed by atoms with E-state index in [1.807, 2.05) is 0 Å². The molecule has 0 aromatic heterocycles. The molecule has 0 amide bonds. The monoisotopic (exact) mass is 262 g/mol. The van der Waals surface area contributed by atoms with Gasteiger partial charge in [-0.15, -0.1) is 0 Å². The van der Waals surface area contributed by atoms with Crippen LogP contribution in [0.2, 0.25) is 0 Å². The van der Waals surface area contributed by atoms with Crippen LogP contribution >= 0.6 is 0 Å². The van der Waals surface area contributed by atoms with E-state index in [1.54, 1.807) is 0 Å². The zero-order valence-electron chi connectivity index (χ0n) is 8.99. The molecular formula is C11H12F2O3S. The summed E-state index contributed by atoms with van der Waals surface area (Å²) >= 11 is 0. The van der Waals surface area contributed by atoms with Gasteiger partial charge in [0.25, 0.3) is 0 Å². The standard InChI is InChI=1S/C11H12F2O3S/c12-9-2-1-3-10(13)8(9)6-11(14)4-5-17(15,16)7-11/h1-3,14H,4-7H2. The summed E-state index contributed by atoms with van der Waals surface area (Å²) in [6.45, 7) is 0. The largest absolute Gasteiger partial charge is 0.388 e. The molecule has 1 aliphatic rings. The molecule has 1 unspecified atom stereocenters. The van der Waals surface area contributed by atoms with E-state index in [2.05, 4.69) is 0 Å². The summed E-state index contributed by atoms with van der Waals surface area (Å²) in [5, 5.41) is 10.0. The van der Waals surface area contributed by atoms with Gasteiger partial charge < -0.3 is 5.11 Å². The summed E-state index contributed by atoms with van der Waals surface area (Å²) in [6.07, 6.45) is -0.298. The van der Waals surface area contributed by atoms with Crippen LogP contribution in [0.5, 0.6) is 0 Å². The molecule has 1 atom stereocenters. The van der Waals surface area contributed by atoms with Crippen molar-refractivity contribution >= 4 is 9.84 Å². The Morgan fingerprint density at radius 2 is 1.88 bits per heavy atom. The molecule has 94 valence electrons. The van der Waals surface area contributed by atoms with Gasteiger partial charge in [0, 0.05) is 12.0 Å². The van der Waals surface area contributed by atoms with Crippen molar-refractivity contribution in [1.29, 1.82) is 0 Å². The number of hydrogen-bond acceptors (Lipinski definition) is 3. The Labute approximate surface area is 98.0 Å². The summed E-state index contributed by atoms with van der Waals surface area (Å²) in [7, 11) is -3.29. The summed E-state index contributed by atoms with van der Waals surface area (Å²) in [6, 6.07) is 3.40. The van der Waals surface area contributed by atoms with Gasteiger partial charge in [-0.1, -0.05) is 6.07 Å². The van der Waals surface area contributed by atoms with Crippen molar-refractivity contribution < 1.29 is 22.3 Å². The van der Waals surface area contributed by atoms with E-state index in [1.165, 1.54) is 6.07 Å². The third-order valence-corrected chi connectivity index (χ3v) is 4.74. The number of rotatable bonds is 2. The highest BCUT2D eigenvalue weighted by atomic mass is 32.2. The van der Waals surface area contributed by atoms with Gasteiger partial charge in [0.1, 0.15) is 11.6 Å². The summed E-state index contributed by atoms with van der Waals surface area (Å²) in [5.74, 6) is -2.10. The van der Waals surface area contributed by atoms with Crippen molar-refractivity contribution in [2.24, 2.45) is 0 Å². The van der Waals surface area contributed by atoms with Crippen molar-refractivity contribution in [2.75, 3.05) is 11.5 Å². The Morgan fingerprint density at radius 1 is 1.29 bits per heavy atom. The van der Waals surface area contributed by atoms with E-state index in [0.717, 1.165) is 12.1 Å².